The summed E-state index contributed by atoms with van der Waals surface area (Å²) in [5, 5.41) is 1.02. The van der Waals surface area contributed by atoms with Crippen molar-refractivity contribution in [3.05, 3.63) is 126 Å². The Morgan fingerprint density at radius 2 is 1.39 bits per heavy atom. The Morgan fingerprint density at radius 3 is 2.34 bits per heavy atom. The summed E-state index contributed by atoms with van der Waals surface area (Å²) in [5.41, 5.74) is 14.3. The number of benzene rings is 5. The molecule has 8 aromatic rings. The first-order valence-corrected chi connectivity index (χ1v) is 14.0. The first kappa shape index (κ1) is 22.6. The molecule has 4 heteroatoms. The van der Waals surface area contributed by atoms with Gasteiger partial charge in [-0.2, -0.15) is 4.98 Å². The van der Waals surface area contributed by atoms with Crippen LogP contribution in [-0.2, 0) is 5.41 Å². The van der Waals surface area contributed by atoms with Gasteiger partial charge >= 0.3 is 5.84 Å². The molecule has 0 unspecified atom stereocenters. The zero-order chi connectivity index (χ0) is 27.3. The van der Waals surface area contributed by atoms with Gasteiger partial charge in [0.2, 0.25) is 0 Å². The predicted octanol–water partition coefficient (Wildman–Crippen LogP) is 9.42. The van der Waals surface area contributed by atoms with E-state index >= 15 is 0 Å². The molecule has 0 N–H and O–H groups in total. The molecule has 0 spiro atoms. The molecular weight excluding hydrogens is 502 g/mol. The summed E-state index contributed by atoms with van der Waals surface area (Å²) in [7, 11) is 0. The molecule has 194 valence electrons. The van der Waals surface area contributed by atoms with E-state index in [9.17, 15) is 0 Å². The second-order valence-corrected chi connectivity index (χ2v) is 11.5. The number of para-hydroxylation sites is 3. The minimum Gasteiger partial charge on any atom is -0.423 e. The lowest BCUT2D eigenvalue weighted by Gasteiger charge is -2.22. The van der Waals surface area contributed by atoms with Crippen LogP contribution in [0.25, 0.3) is 72.4 Å². The Morgan fingerprint density at radius 1 is 0.634 bits per heavy atom. The molecule has 0 atom stereocenters. The lowest BCUT2D eigenvalue weighted by molar-refractivity contribution is 0.643. The summed E-state index contributed by atoms with van der Waals surface area (Å²) >= 11 is 0. The largest absolute Gasteiger partial charge is 0.423 e. The van der Waals surface area contributed by atoms with E-state index in [4.69, 9.17) is 14.4 Å². The number of oxazole rings is 1. The number of hydrogen-bond acceptors (Lipinski definition) is 3. The fourth-order valence-corrected chi connectivity index (χ4v) is 6.80. The number of aromatic nitrogens is 3. The minimum atomic E-state index is -0.0445. The Hall–Kier alpha value is -5.22. The molecule has 1 aliphatic rings. The molecule has 0 aliphatic heterocycles. The summed E-state index contributed by atoms with van der Waals surface area (Å²) in [4.78, 5) is 10.2. The minimum absolute atomic E-state index is 0.0445. The number of pyridine rings is 1. The third kappa shape index (κ3) is 3.05. The molecule has 1 aliphatic carbocycles. The topological polar surface area (TPSA) is 43.3 Å². The van der Waals surface area contributed by atoms with E-state index in [0.29, 0.717) is 5.84 Å². The van der Waals surface area contributed by atoms with Crippen LogP contribution in [0.1, 0.15) is 25.0 Å². The van der Waals surface area contributed by atoms with Crippen molar-refractivity contribution in [2.75, 3.05) is 0 Å². The smallest absolute Gasteiger partial charge is 0.307 e. The lowest BCUT2D eigenvalue weighted by Crippen LogP contribution is -2.14. The van der Waals surface area contributed by atoms with Crippen LogP contribution in [0.3, 0.4) is 0 Å². The zero-order valence-corrected chi connectivity index (χ0v) is 22.7. The van der Waals surface area contributed by atoms with Crippen LogP contribution in [-0.4, -0.2) is 14.4 Å². The fraction of sp³-hybridized carbons (Fsp3) is 0.0811. The van der Waals surface area contributed by atoms with E-state index in [1.807, 2.05) is 30.3 Å². The number of fused-ring (bicyclic) bond motifs is 10. The normalized spacial score (nSPS) is 13.8. The quantitative estimate of drug-likeness (QED) is 0.225. The molecule has 0 radical (unpaired) electrons. The monoisotopic (exact) mass is 527 g/mol. The molecule has 3 aromatic heterocycles. The van der Waals surface area contributed by atoms with Gasteiger partial charge in [-0.1, -0.05) is 98.8 Å². The van der Waals surface area contributed by atoms with Crippen LogP contribution in [0.15, 0.2) is 120 Å². The molecule has 9 rings (SSSR count). The first-order valence-electron chi connectivity index (χ1n) is 14.0. The standard InChI is InChI=1S/C37H25N3O/c1-37(2)28-14-5-3-12-25(28)26-19-18-23(21-29(26)37)22-10-9-11-24(20-22)33-35-34(27-13-4-6-15-30(27)38-33)39-36-40(35)31-16-7-8-17-32(31)41-36/h3-21H,1-2H3. The summed E-state index contributed by atoms with van der Waals surface area (Å²) in [6.45, 7) is 4.65. The van der Waals surface area contributed by atoms with Crippen LogP contribution in [0.4, 0.5) is 0 Å². The average molecular weight is 528 g/mol. The first-order chi connectivity index (χ1) is 20.1. The SMILES string of the molecule is CC1(C)c2ccccc2-c2ccc(-c3cccc(-c4nc5ccccc5c5nc6oc7ccccc7n6c45)c3)cc21. The Kier molecular flexibility index (Phi) is 4.36. The Labute approximate surface area is 236 Å². The van der Waals surface area contributed by atoms with Crippen molar-refractivity contribution in [1.82, 2.24) is 14.4 Å². The van der Waals surface area contributed by atoms with Crippen molar-refractivity contribution >= 4 is 38.9 Å². The molecule has 3 heterocycles. The van der Waals surface area contributed by atoms with Crippen LogP contribution in [0.5, 0.6) is 0 Å². The van der Waals surface area contributed by atoms with Gasteiger partial charge in [0, 0.05) is 16.4 Å². The van der Waals surface area contributed by atoms with E-state index in [1.54, 1.807) is 0 Å². The molecule has 0 bridgehead atoms. The highest BCUT2D eigenvalue weighted by atomic mass is 16.4. The van der Waals surface area contributed by atoms with Crippen molar-refractivity contribution in [3.63, 3.8) is 0 Å². The highest BCUT2D eigenvalue weighted by Crippen LogP contribution is 2.49. The summed E-state index contributed by atoms with van der Waals surface area (Å²) in [6, 6.07) is 40.7. The maximum Gasteiger partial charge on any atom is 0.307 e. The zero-order valence-electron chi connectivity index (χ0n) is 22.7. The van der Waals surface area contributed by atoms with Crippen LogP contribution in [0, 0.1) is 0 Å². The van der Waals surface area contributed by atoms with Gasteiger partial charge in [-0.3, -0.25) is 4.40 Å². The van der Waals surface area contributed by atoms with Gasteiger partial charge in [-0.05, 0) is 63.7 Å². The predicted molar refractivity (Wildman–Crippen MR) is 166 cm³/mol. The van der Waals surface area contributed by atoms with Gasteiger partial charge in [-0.15, -0.1) is 0 Å². The molecule has 4 nitrogen and oxygen atoms in total. The van der Waals surface area contributed by atoms with Gasteiger partial charge < -0.3 is 4.42 Å². The van der Waals surface area contributed by atoms with Crippen molar-refractivity contribution in [2.45, 2.75) is 19.3 Å². The Balaban J connectivity index is 1.28. The van der Waals surface area contributed by atoms with Gasteiger partial charge in [0.15, 0.2) is 5.58 Å². The molecular formula is C37H25N3O. The van der Waals surface area contributed by atoms with Crippen LogP contribution < -0.4 is 0 Å². The van der Waals surface area contributed by atoms with Crippen LogP contribution >= 0.6 is 0 Å². The third-order valence-electron chi connectivity index (χ3n) is 8.82. The van der Waals surface area contributed by atoms with Gasteiger partial charge in [-0.25, -0.2) is 4.98 Å². The highest BCUT2D eigenvalue weighted by Gasteiger charge is 2.35. The average Bonchev–Trinajstić information content (AvgIpc) is 3.64. The van der Waals surface area contributed by atoms with Gasteiger partial charge in [0.1, 0.15) is 11.0 Å². The van der Waals surface area contributed by atoms with Crippen LogP contribution in [0.2, 0.25) is 0 Å². The number of imidazole rings is 1. The van der Waals surface area contributed by atoms with Gasteiger partial charge in [0.05, 0.1) is 16.7 Å². The van der Waals surface area contributed by atoms with Crippen molar-refractivity contribution in [3.8, 4) is 33.5 Å². The highest BCUT2D eigenvalue weighted by molar-refractivity contribution is 6.10. The molecule has 0 saturated carbocycles. The van der Waals surface area contributed by atoms with Crippen molar-refractivity contribution < 1.29 is 4.42 Å². The number of hydrogen-bond donors (Lipinski definition) is 0. The van der Waals surface area contributed by atoms with E-state index < -0.39 is 0 Å². The molecule has 5 aromatic carbocycles. The lowest BCUT2D eigenvalue weighted by atomic mass is 9.81. The van der Waals surface area contributed by atoms with E-state index in [0.717, 1.165) is 49.9 Å². The van der Waals surface area contributed by atoms with E-state index in [-0.39, 0.29) is 5.41 Å². The summed E-state index contributed by atoms with van der Waals surface area (Å²) in [6.07, 6.45) is 0. The second-order valence-electron chi connectivity index (χ2n) is 11.5. The second kappa shape index (κ2) is 7.92. The maximum atomic E-state index is 6.18. The van der Waals surface area contributed by atoms with E-state index in [1.165, 1.54) is 27.8 Å². The molecule has 0 saturated heterocycles. The summed E-state index contributed by atoms with van der Waals surface area (Å²) in [5.74, 6) is 0.581. The third-order valence-corrected chi connectivity index (χ3v) is 8.82. The molecule has 41 heavy (non-hydrogen) atoms. The van der Waals surface area contributed by atoms with E-state index in [2.05, 4.69) is 103 Å². The Bertz CT molecular complexity index is 2350. The summed E-state index contributed by atoms with van der Waals surface area (Å²) < 4.78 is 8.30. The molecule has 0 amide bonds. The number of nitrogens with zero attached hydrogens (tertiary/aromatic N) is 3. The number of rotatable bonds is 2. The molecule has 0 fully saturated rings. The van der Waals surface area contributed by atoms with Gasteiger partial charge in [0.25, 0.3) is 0 Å². The van der Waals surface area contributed by atoms with Crippen molar-refractivity contribution in [1.29, 1.82) is 0 Å². The van der Waals surface area contributed by atoms with Crippen molar-refractivity contribution in [2.24, 2.45) is 0 Å². The fourth-order valence-electron chi connectivity index (χ4n) is 6.80. The maximum absolute atomic E-state index is 6.18.